The molecule has 28 heteroatoms. The molecule has 4 aliphatic rings. The number of aromatic carboxylic acids is 2. The van der Waals surface area contributed by atoms with E-state index in [-0.39, 0.29) is 163 Å². The van der Waals surface area contributed by atoms with Crippen LogP contribution in [0.3, 0.4) is 0 Å². The molecule has 0 unspecified atom stereocenters. The molecule has 2 heterocycles. The molecule has 2 aliphatic carbocycles. The Hall–Kier alpha value is 2.96. The molecule has 2 N–H and O–H groups in total. The summed E-state index contributed by atoms with van der Waals surface area (Å²) in [6.45, 7) is 0. The Balaban J connectivity index is 0.000000247. The smallest absolute Gasteiger partial charge is 0.545 e. The van der Waals surface area contributed by atoms with Gasteiger partial charge in [0.25, 0.3) is 0 Å². The molecule has 340 valence electrons. The van der Waals surface area contributed by atoms with Crippen molar-refractivity contribution < 1.29 is 98.0 Å². The Morgan fingerprint density at radius 1 is 0.441 bits per heavy atom. The number of halogens is 16. The molecular weight excluding hydrogens is 1990 g/mol. The van der Waals surface area contributed by atoms with Crippen LogP contribution in [0.4, 0.5) is 0 Å². The molecule has 0 amide bonds. The SMILES string of the molecule is O=C([O-])c1c(Cl)c(Cl)c(Cl)c(Cl)c1-c1c2cc(I)c(=O)c(I)c-2oc2c(I)c(O)c(I)cc12.O=C([O-])c1c(Cl)c(Cl)c(Cl)c(Cl)c1-c1c2cc(I)c(=O)c(I)c-2oc2c(I)c(O)c(I)cc12.[Na+].[Na+]. The van der Waals surface area contributed by atoms with Crippen LogP contribution in [-0.2, 0) is 0 Å². The molecule has 0 spiro atoms. The van der Waals surface area contributed by atoms with Gasteiger partial charge in [0.15, 0.2) is 22.7 Å². The van der Waals surface area contributed by atoms with Crippen molar-refractivity contribution in [1.29, 1.82) is 0 Å². The fourth-order valence-corrected chi connectivity index (χ4v) is 15.8. The number of carbonyl (C=O) groups excluding carboxylic acids is 2. The molecule has 0 fully saturated rings. The monoisotopic (exact) mass is 1990 g/mol. The summed E-state index contributed by atoms with van der Waals surface area (Å²) in [6, 6.07) is 6.36. The number of carboxylic acids is 2. The molecule has 0 aromatic heterocycles. The van der Waals surface area contributed by atoms with Crippen LogP contribution in [0.1, 0.15) is 20.7 Å². The van der Waals surface area contributed by atoms with Crippen molar-refractivity contribution in [1.82, 2.24) is 0 Å². The maximum Gasteiger partial charge on any atom is 1.00 e. The molecule has 4 aromatic carbocycles. The van der Waals surface area contributed by atoms with Crippen LogP contribution in [0.15, 0.2) is 42.7 Å². The zero-order valence-electron chi connectivity index (χ0n) is 32.5. The van der Waals surface area contributed by atoms with Crippen LogP contribution in [0.5, 0.6) is 11.5 Å². The zero-order chi connectivity index (χ0) is 49.0. The van der Waals surface area contributed by atoms with Crippen LogP contribution in [-0.4, -0.2) is 22.2 Å². The Kier molecular flexibility index (Phi) is 22.1. The number of benzene rings is 6. The van der Waals surface area contributed by atoms with E-state index in [2.05, 4.69) is 0 Å². The number of fused-ring (bicyclic) bond motifs is 4. The molecule has 4 aromatic rings. The molecule has 10 nitrogen and oxygen atoms in total. The third-order valence-corrected chi connectivity index (χ3v) is 20.3. The average Bonchev–Trinajstić information content (AvgIpc) is 3.26. The summed E-state index contributed by atoms with van der Waals surface area (Å²) in [6.07, 6.45) is 0. The van der Waals surface area contributed by atoms with Gasteiger partial charge in [-0.3, -0.25) is 9.59 Å². The summed E-state index contributed by atoms with van der Waals surface area (Å²) in [5.41, 5.74) is 0.299. The molecule has 0 radical (unpaired) electrons. The van der Waals surface area contributed by atoms with Gasteiger partial charge >= 0.3 is 59.1 Å². The minimum Gasteiger partial charge on any atom is -0.545 e. The van der Waals surface area contributed by atoms with Crippen LogP contribution < -0.4 is 80.2 Å². The van der Waals surface area contributed by atoms with Crippen molar-refractivity contribution in [2.45, 2.75) is 0 Å². The summed E-state index contributed by atoms with van der Waals surface area (Å²) in [7, 11) is 0. The summed E-state index contributed by atoms with van der Waals surface area (Å²) < 4.78 is 15.1. The zero-order valence-corrected chi connectivity index (χ0v) is 59.8. The third kappa shape index (κ3) is 10.9. The molecule has 2 aliphatic heterocycles. The Morgan fingerprint density at radius 3 is 1.03 bits per heavy atom. The molecule has 0 saturated carbocycles. The number of carboxylic acid groups (broad SMARTS) is 2. The van der Waals surface area contributed by atoms with Gasteiger partial charge in [0.1, 0.15) is 18.6 Å². The number of hydrogen-bond acceptors (Lipinski definition) is 10. The molecule has 0 bridgehead atoms. The van der Waals surface area contributed by atoms with Crippen LogP contribution >= 0.6 is 274 Å². The molecular formula is C40H6Cl8I8Na2O10. The van der Waals surface area contributed by atoms with Gasteiger partial charge in [-0.2, -0.15) is 0 Å². The first-order chi connectivity index (χ1) is 30.8. The maximum absolute atomic E-state index is 12.7. The summed E-state index contributed by atoms with van der Waals surface area (Å²) in [5, 5.41) is 44.5. The normalized spacial score (nSPS) is 11.2. The fourth-order valence-electron chi connectivity index (χ4n) is 6.64. The quantitative estimate of drug-likeness (QED) is 0.0567. The minimum atomic E-state index is -1.62. The van der Waals surface area contributed by atoms with Crippen molar-refractivity contribution in [3.63, 3.8) is 0 Å². The van der Waals surface area contributed by atoms with Crippen molar-refractivity contribution in [2.75, 3.05) is 0 Å². The Labute approximate surface area is 575 Å². The fraction of sp³-hybridized carbons (Fsp3) is 0. The number of phenolic OH excluding ortho intramolecular Hbond substituents is 2. The van der Waals surface area contributed by atoms with Gasteiger partial charge in [0.05, 0.1) is 73.5 Å². The second-order valence-electron chi connectivity index (χ2n) is 13.1. The number of hydrogen-bond donors (Lipinski definition) is 2. The van der Waals surface area contributed by atoms with Crippen molar-refractivity contribution in [3.05, 3.63) is 125 Å². The van der Waals surface area contributed by atoms with E-state index < -0.39 is 23.1 Å². The predicted octanol–water partition coefficient (Wildman–Crippen LogP) is 9.34. The average molecular weight is 1990 g/mol. The van der Waals surface area contributed by atoms with Crippen LogP contribution in [0, 0.1) is 28.6 Å². The molecule has 0 saturated heterocycles. The first-order valence-corrected chi connectivity index (χ1v) is 28.5. The largest absolute Gasteiger partial charge is 1.00 e. The van der Waals surface area contributed by atoms with Gasteiger partial charge in [0, 0.05) is 55.3 Å². The standard InChI is InChI=1S/2C20H4Cl4I4O5.2Na/c2*21-10-8(9(20(31)32)11(22)13(24)12(10)23)7-3-1-5(25)16(29)14(27)18(3)33-19-4(7)2-6(26)17(30)15(19)28;;/h2*1-2,29H,(H,31,32);;/q;;2*+1/p-2. The van der Waals surface area contributed by atoms with Gasteiger partial charge in [-0.05, 0) is 205 Å². The Morgan fingerprint density at radius 2 is 0.735 bits per heavy atom. The first-order valence-electron chi connectivity index (χ1n) is 16.8. The summed E-state index contributed by atoms with van der Waals surface area (Å²) >= 11 is 65.8. The Bertz CT molecular complexity index is 3380. The van der Waals surface area contributed by atoms with Gasteiger partial charge in [0.2, 0.25) is 10.9 Å². The van der Waals surface area contributed by atoms with E-state index in [0.29, 0.717) is 54.4 Å². The van der Waals surface area contributed by atoms with E-state index in [9.17, 15) is 39.6 Å². The maximum atomic E-state index is 12.7. The summed E-state index contributed by atoms with van der Waals surface area (Å²) in [5.74, 6) is -2.93. The molecule has 68 heavy (non-hydrogen) atoms. The number of aromatic hydroxyl groups is 2. The van der Waals surface area contributed by atoms with Crippen molar-refractivity contribution in [3.8, 4) is 56.4 Å². The number of carbonyl (C=O) groups is 2. The molecule has 8 rings (SSSR count). The second kappa shape index (κ2) is 24.3. The second-order valence-corrected chi connectivity index (χ2v) is 25.1. The summed E-state index contributed by atoms with van der Waals surface area (Å²) in [4.78, 5) is 49.7. The van der Waals surface area contributed by atoms with Crippen LogP contribution in [0.25, 0.3) is 66.8 Å². The van der Waals surface area contributed by atoms with E-state index in [1.165, 1.54) is 0 Å². The number of rotatable bonds is 4. The topological polar surface area (TPSA) is 181 Å². The van der Waals surface area contributed by atoms with Crippen molar-refractivity contribution in [2.24, 2.45) is 0 Å². The van der Waals surface area contributed by atoms with Gasteiger partial charge in [-0.1, -0.05) is 92.8 Å². The van der Waals surface area contributed by atoms with Crippen LogP contribution in [0.2, 0.25) is 40.2 Å². The predicted molar refractivity (Wildman–Crippen MR) is 323 cm³/mol. The van der Waals surface area contributed by atoms with E-state index in [1.807, 2.05) is 181 Å². The third-order valence-electron chi connectivity index (χ3n) is 9.49. The van der Waals surface area contributed by atoms with Gasteiger partial charge in [-0.15, -0.1) is 0 Å². The van der Waals surface area contributed by atoms with E-state index >= 15 is 0 Å². The minimum absolute atomic E-state index is 0. The van der Waals surface area contributed by atoms with Gasteiger partial charge in [-0.25, -0.2) is 0 Å². The van der Waals surface area contributed by atoms with E-state index in [1.54, 1.807) is 24.3 Å². The van der Waals surface area contributed by atoms with Crippen molar-refractivity contribution >= 4 is 307 Å². The van der Waals surface area contributed by atoms with E-state index in [0.717, 1.165) is 0 Å². The van der Waals surface area contributed by atoms with E-state index in [4.69, 9.17) is 102 Å². The molecule has 0 atom stereocenters. The van der Waals surface area contributed by atoms with Gasteiger partial charge < -0.3 is 38.8 Å². The number of phenols is 2. The first kappa shape index (κ1) is 61.8.